The van der Waals surface area contributed by atoms with E-state index in [-0.39, 0.29) is 12.4 Å². The third-order valence-electron chi connectivity index (χ3n) is 3.77. The number of carbonyl (C=O) groups excluding carboxylic acids is 2. The summed E-state index contributed by atoms with van der Waals surface area (Å²) in [6.07, 6.45) is 2.15. The lowest BCUT2D eigenvalue weighted by Crippen LogP contribution is -2.53. The zero-order valence-electron chi connectivity index (χ0n) is 11.6. The zero-order chi connectivity index (χ0) is 15.7. The van der Waals surface area contributed by atoms with Gasteiger partial charge in [0.1, 0.15) is 12.4 Å². The highest BCUT2D eigenvalue weighted by Gasteiger charge is 2.62. The molecule has 1 aliphatic rings. The van der Waals surface area contributed by atoms with Gasteiger partial charge in [-0.25, -0.2) is 4.79 Å². The standard InChI is InChI=1S/C16H16O5/c1-3-15(2)10-21-14(19)16(15,20)13(18)9-12(17)11-7-5-4-6-8-11/h3-9,17,20H,1,10H2,2H3/b12-9-/t15-,16+/m0/s1. The summed E-state index contributed by atoms with van der Waals surface area (Å²) in [5, 5.41) is 20.4. The molecule has 1 aliphatic heterocycles. The topological polar surface area (TPSA) is 83.8 Å². The highest BCUT2D eigenvalue weighted by atomic mass is 16.6. The molecule has 1 aromatic rings. The number of hydrogen-bond donors (Lipinski definition) is 2. The Labute approximate surface area is 122 Å². The van der Waals surface area contributed by atoms with Gasteiger partial charge in [0.15, 0.2) is 0 Å². The van der Waals surface area contributed by atoms with Crippen LogP contribution in [0, 0.1) is 5.41 Å². The number of esters is 1. The van der Waals surface area contributed by atoms with E-state index in [0.717, 1.165) is 6.08 Å². The van der Waals surface area contributed by atoms with Crippen LogP contribution in [-0.2, 0) is 14.3 Å². The van der Waals surface area contributed by atoms with E-state index in [1.165, 1.54) is 13.0 Å². The van der Waals surface area contributed by atoms with Gasteiger partial charge in [-0.1, -0.05) is 36.4 Å². The molecule has 0 aromatic heterocycles. The highest BCUT2D eigenvalue weighted by Crippen LogP contribution is 2.41. The van der Waals surface area contributed by atoms with Gasteiger partial charge < -0.3 is 14.9 Å². The quantitative estimate of drug-likeness (QED) is 0.289. The molecule has 5 heteroatoms. The molecular formula is C16H16O5. The molecular weight excluding hydrogens is 272 g/mol. The SMILES string of the molecule is C=C[C@@]1(C)COC(=O)[C@]1(O)C(=O)/C=C(\O)c1ccccc1. The molecule has 1 saturated heterocycles. The summed E-state index contributed by atoms with van der Waals surface area (Å²) in [4.78, 5) is 24.1. The summed E-state index contributed by atoms with van der Waals surface area (Å²) in [6, 6.07) is 8.34. The maximum atomic E-state index is 12.3. The Hall–Kier alpha value is -2.40. The lowest BCUT2D eigenvalue weighted by atomic mass is 9.73. The van der Waals surface area contributed by atoms with Crippen molar-refractivity contribution in [3.63, 3.8) is 0 Å². The van der Waals surface area contributed by atoms with Crippen LogP contribution < -0.4 is 0 Å². The minimum atomic E-state index is -2.38. The van der Waals surface area contributed by atoms with Crippen molar-refractivity contribution >= 4 is 17.5 Å². The fourth-order valence-electron chi connectivity index (χ4n) is 2.17. The fourth-order valence-corrected chi connectivity index (χ4v) is 2.17. The average molecular weight is 288 g/mol. The molecule has 0 saturated carbocycles. The zero-order valence-corrected chi connectivity index (χ0v) is 11.6. The molecule has 0 spiro atoms. The van der Waals surface area contributed by atoms with Gasteiger partial charge in [0.2, 0.25) is 11.4 Å². The number of aliphatic hydroxyl groups excluding tert-OH is 1. The Morgan fingerprint density at radius 2 is 2.00 bits per heavy atom. The molecule has 2 atom stereocenters. The van der Waals surface area contributed by atoms with E-state index in [2.05, 4.69) is 6.58 Å². The predicted octanol–water partition coefficient (Wildman–Crippen LogP) is 1.63. The van der Waals surface area contributed by atoms with Crippen LogP contribution in [0.3, 0.4) is 0 Å². The third-order valence-corrected chi connectivity index (χ3v) is 3.77. The van der Waals surface area contributed by atoms with Crippen molar-refractivity contribution in [2.24, 2.45) is 5.41 Å². The van der Waals surface area contributed by atoms with Gasteiger partial charge in [-0.05, 0) is 6.92 Å². The second-order valence-electron chi connectivity index (χ2n) is 5.17. The van der Waals surface area contributed by atoms with Crippen molar-refractivity contribution in [2.45, 2.75) is 12.5 Å². The summed E-state index contributed by atoms with van der Waals surface area (Å²) in [5.74, 6) is -2.30. The first-order chi connectivity index (χ1) is 9.85. The molecule has 0 radical (unpaired) electrons. The molecule has 0 unspecified atom stereocenters. The first kappa shape index (κ1) is 15.0. The molecule has 2 N–H and O–H groups in total. The van der Waals surface area contributed by atoms with Crippen LogP contribution in [0.1, 0.15) is 12.5 Å². The van der Waals surface area contributed by atoms with Crippen LogP contribution in [0.2, 0.25) is 0 Å². The van der Waals surface area contributed by atoms with Crippen molar-refractivity contribution in [1.82, 2.24) is 0 Å². The van der Waals surface area contributed by atoms with Crippen molar-refractivity contribution in [3.05, 3.63) is 54.6 Å². The second kappa shape index (κ2) is 5.18. The number of hydrogen-bond acceptors (Lipinski definition) is 5. The molecule has 1 fully saturated rings. The molecule has 0 amide bonds. The van der Waals surface area contributed by atoms with Crippen molar-refractivity contribution in [3.8, 4) is 0 Å². The average Bonchev–Trinajstić information content (AvgIpc) is 2.74. The van der Waals surface area contributed by atoms with E-state index in [1.807, 2.05) is 0 Å². The molecule has 1 aromatic carbocycles. The summed E-state index contributed by atoms with van der Waals surface area (Å²) in [5.41, 5.74) is -3.22. The van der Waals surface area contributed by atoms with Gasteiger partial charge in [-0.2, -0.15) is 0 Å². The van der Waals surface area contributed by atoms with E-state index in [0.29, 0.717) is 5.56 Å². The fraction of sp³-hybridized carbons (Fsp3) is 0.250. The molecule has 0 bridgehead atoms. The van der Waals surface area contributed by atoms with E-state index in [1.54, 1.807) is 30.3 Å². The van der Waals surface area contributed by atoms with Crippen molar-refractivity contribution < 1.29 is 24.5 Å². The van der Waals surface area contributed by atoms with E-state index >= 15 is 0 Å². The van der Waals surface area contributed by atoms with Crippen LogP contribution in [0.15, 0.2) is 49.1 Å². The highest BCUT2D eigenvalue weighted by molar-refractivity contribution is 6.16. The number of aliphatic hydroxyl groups is 2. The van der Waals surface area contributed by atoms with E-state index in [4.69, 9.17) is 4.74 Å². The van der Waals surface area contributed by atoms with Crippen LogP contribution in [0.4, 0.5) is 0 Å². The van der Waals surface area contributed by atoms with Gasteiger partial charge in [0, 0.05) is 11.6 Å². The summed E-state index contributed by atoms with van der Waals surface area (Å²) >= 11 is 0. The number of rotatable bonds is 4. The molecule has 110 valence electrons. The minimum absolute atomic E-state index is 0.141. The number of ether oxygens (including phenoxy) is 1. The molecule has 5 nitrogen and oxygen atoms in total. The Kier molecular flexibility index (Phi) is 3.70. The summed E-state index contributed by atoms with van der Waals surface area (Å²) in [6.45, 7) is 4.89. The Balaban J connectivity index is 2.39. The third kappa shape index (κ3) is 2.25. The van der Waals surface area contributed by atoms with Gasteiger partial charge in [-0.15, -0.1) is 6.58 Å². The number of benzene rings is 1. The maximum absolute atomic E-state index is 12.3. The lowest BCUT2D eigenvalue weighted by molar-refractivity contribution is -0.160. The molecule has 0 aliphatic carbocycles. The van der Waals surface area contributed by atoms with Crippen LogP contribution in [-0.4, -0.2) is 34.2 Å². The van der Waals surface area contributed by atoms with Gasteiger partial charge in [0.05, 0.1) is 5.41 Å². The van der Waals surface area contributed by atoms with E-state index < -0.39 is 22.8 Å². The predicted molar refractivity (Wildman–Crippen MR) is 76.3 cm³/mol. The largest absolute Gasteiger partial charge is 0.507 e. The number of cyclic esters (lactones) is 1. The molecule has 21 heavy (non-hydrogen) atoms. The number of ketones is 1. The van der Waals surface area contributed by atoms with E-state index in [9.17, 15) is 19.8 Å². The normalized spacial score (nSPS) is 29.0. The van der Waals surface area contributed by atoms with Gasteiger partial charge in [-0.3, -0.25) is 4.79 Å². The second-order valence-corrected chi connectivity index (χ2v) is 5.17. The Morgan fingerprint density at radius 1 is 1.38 bits per heavy atom. The van der Waals surface area contributed by atoms with Crippen molar-refractivity contribution in [2.75, 3.05) is 6.61 Å². The van der Waals surface area contributed by atoms with Gasteiger partial charge >= 0.3 is 5.97 Å². The first-order valence-electron chi connectivity index (χ1n) is 6.39. The van der Waals surface area contributed by atoms with Crippen LogP contribution >= 0.6 is 0 Å². The Bertz CT molecular complexity index is 619. The first-order valence-corrected chi connectivity index (χ1v) is 6.39. The van der Waals surface area contributed by atoms with Crippen LogP contribution in [0.5, 0.6) is 0 Å². The van der Waals surface area contributed by atoms with Crippen molar-refractivity contribution in [1.29, 1.82) is 0 Å². The summed E-state index contributed by atoms with van der Waals surface area (Å²) < 4.78 is 4.79. The van der Waals surface area contributed by atoms with Gasteiger partial charge in [0.25, 0.3) is 0 Å². The van der Waals surface area contributed by atoms with Crippen LogP contribution in [0.25, 0.3) is 5.76 Å². The monoisotopic (exact) mass is 288 g/mol. The summed E-state index contributed by atoms with van der Waals surface area (Å²) in [7, 11) is 0. The molecule has 2 rings (SSSR count). The maximum Gasteiger partial charge on any atom is 0.347 e. The smallest absolute Gasteiger partial charge is 0.347 e. The Morgan fingerprint density at radius 3 is 2.57 bits per heavy atom. The number of carbonyl (C=O) groups is 2. The molecule has 1 heterocycles. The minimum Gasteiger partial charge on any atom is -0.507 e. The lowest BCUT2D eigenvalue weighted by Gasteiger charge is -2.29.